The highest BCUT2D eigenvalue weighted by Gasteiger charge is 1.91. The van der Waals surface area contributed by atoms with Crippen molar-refractivity contribution in [2.45, 2.75) is 27.2 Å². The molecule has 0 bridgehead atoms. The van der Waals surface area contributed by atoms with E-state index in [4.69, 9.17) is 0 Å². The van der Waals surface area contributed by atoms with Crippen molar-refractivity contribution in [3.05, 3.63) is 24.4 Å². The maximum absolute atomic E-state index is 3.63. The molecule has 0 heterocycles. The van der Waals surface area contributed by atoms with Crippen molar-refractivity contribution in [1.82, 2.24) is 4.90 Å². The van der Waals surface area contributed by atoms with Crippen LogP contribution in [0.15, 0.2) is 24.4 Å². The lowest BCUT2D eigenvalue weighted by molar-refractivity contribution is 0.494. The molecule has 1 nitrogen and oxygen atoms in total. The first-order valence-corrected chi connectivity index (χ1v) is 4.21. The second-order valence-electron chi connectivity index (χ2n) is 2.14. The summed E-state index contributed by atoms with van der Waals surface area (Å²) in [6, 6.07) is 0. The van der Waals surface area contributed by atoms with Crippen LogP contribution in [0.2, 0.25) is 0 Å². The maximum Gasteiger partial charge on any atom is 0.0124 e. The molecular formula is C10H21N. The summed E-state index contributed by atoms with van der Waals surface area (Å²) in [7, 11) is 4.08. The fraction of sp³-hybridized carbons (Fsp3) is 0.600. The van der Waals surface area contributed by atoms with Gasteiger partial charge in [0, 0.05) is 19.8 Å². The zero-order valence-corrected chi connectivity index (χ0v) is 8.52. The van der Waals surface area contributed by atoms with E-state index in [0.29, 0.717) is 0 Å². The standard InChI is InChI=1S/C8H15N.C2H6/c1-5-7-8(6-2)9(3)4;1-2/h5,7H,1,6H2,2-4H3;1-2H3/b8-7+;. The lowest BCUT2D eigenvalue weighted by atomic mass is 10.3. The number of rotatable bonds is 3. The normalized spacial score (nSPS) is 9.73. The number of allylic oxidation sites excluding steroid dienone is 3. The van der Waals surface area contributed by atoms with Gasteiger partial charge in [-0.1, -0.05) is 33.4 Å². The van der Waals surface area contributed by atoms with Gasteiger partial charge in [0.1, 0.15) is 0 Å². The van der Waals surface area contributed by atoms with Gasteiger partial charge in [-0.05, 0) is 12.5 Å². The van der Waals surface area contributed by atoms with Crippen LogP contribution in [-0.4, -0.2) is 19.0 Å². The van der Waals surface area contributed by atoms with E-state index in [0.717, 1.165) is 6.42 Å². The SMILES string of the molecule is C=C/C=C(\CC)N(C)C.CC. The highest BCUT2D eigenvalue weighted by Crippen LogP contribution is 2.02. The molecule has 0 aromatic carbocycles. The predicted molar refractivity (Wildman–Crippen MR) is 53.6 cm³/mol. The van der Waals surface area contributed by atoms with Gasteiger partial charge in [-0.3, -0.25) is 0 Å². The van der Waals surface area contributed by atoms with Gasteiger partial charge < -0.3 is 4.90 Å². The molecule has 0 aliphatic heterocycles. The van der Waals surface area contributed by atoms with E-state index in [2.05, 4.69) is 18.4 Å². The topological polar surface area (TPSA) is 3.24 Å². The highest BCUT2D eigenvalue weighted by atomic mass is 15.1. The minimum atomic E-state index is 1.07. The molecule has 0 atom stereocenters. The second kappa shape index (κ2) is 9.28. The van der Waals surface area contributed by atoms with Crippen LogP contribution in [0, 0.1) is 0 Å². The fourth-order valence-corrected chi connectivity index (χ4v) is 0.719. The molecule has 1 heteroatoms. The van der Waals surface area contributed by atoms with Crippen molar-refractivity contribution in [2.24, 2.45) is 0 Å². The van der Waals surface area contributed by atoms with Gasteiger partial charge >= 0.3 is 0 Å². The van der Waals surface area contributed by atoms with Crippen LogP contribution >= 0.6 is 0 Å². The van der Waals surface area contributed by atoms with Crippen LogP contribution in [0.25, 0.3) is 0 Å². The monoisotopic (exact) mass is 155 g/mol. The quantitative estimate of drug-likeness (QED) is 0.566. The van der Waals surface area contributed by atoms with Crippen molar-refractivity contribution < 1.29 is 0 Å². The van der Waals surface area contributed by atoms with Crippen LogP contribution in [0.4, 0.5) is 0 Å². The molecule has 0 rings (SSSR count). The van der Waals surface area contributed by atoms with E-state index in [1.54, 1.807) is 0 Å². The summed E-state index contributed by atoms with van der Waals surface area (Å²) >= 11 is 0. The molecule has 0 saturated heterocycles. The summed E-state index contributed by atoms with van der Waals surface area (Å²) in [6.07, 6.45) is 4.91. The minimum absolute atomic E-state index is 1.07. The van der Waals surface area contributed by atoms with E-state index in [-0.39, 0.29) is 0 Å². The van der Waals surface area contributed by atoms with Crippen molar-refractivity contribution in [3.8, 4) is 0 Å². The van der Waals surface area contributed by atoms with E-state index >= 15 is 0 Å². The van der Waals surface area contributed by atoms with Gasteiger partial charge in [0.25, 0.3) is 0 Å². The van der Waals surface area contributed by atoms with E-state index in [1.165, 1.54) is 5.70 Å². The van der Waals surface area contributed by atoms with Crippen molar-refractivity contribution in [1.29, 1.82) is 0 Å². The molecule has 0 radical (unpaired) electrons. The molecule has 0 aliphatic carbocycles. The van der Waals surface area contributed by atoms with Gasteiger partial charge in [-0.2, -0.15) is 0 Å². The maximum atomic E-state index is 3.63. The van der Waals surface area contributed by atoms with Crippen LogP contribution in [-0.2, 0) is 0 Å². The molecule has 0 saturated carbocycles. The lowest BCUT2D eigenvalue weighted by Crippen LogP contribution is -2.09. The summed E-state index contributed by atoms with van der Waals surface area (Å²) in [6.45, 7) is 9.76. The second-order valence-corrected chi connectivity index (χ2v) is 2.14. The average Bonchev–Trinajstić information content (AvgIpc) is 2.03. The first-order valence-electron chi connectivity index (χ1n) is 4.21. The van der Waals surface area contributed by atoms with Gasteiger partial charge in [0.15, 0.2) is 0 Å². The Morgan fingerprint density at radius 1 is 1.36 bits per heavy atom. The average molecular weight is 155 g/mol. The van der Waals surface area contributed by atoms with Gasteiger partial charge in [-0.25, -0.2) is 0 Å². The van der Waals surface area contributed by atoms with Crippen molar-refractivity contribution in [3.63, 3.8) is 0 Å². The lowest BCUT2D eigenvalue weighted by Gasteiger charge is -2.14. The summed E-state index contributed by atoms with van der Waals surface area (Å²) < 4.78 is 0. The Morgan fingerprint density at radius 3 is 1.91 bits per heavy atom. The Hall–Kier alpha value is -0.720. The molecule has 0 amide bonds. The van der Waals surface area contributed by atoms with Gasteiger partial charge in [0.05, 0.1) is 0 Å². The first kappa shape index (κ1) is 12.9. The molecule has 0 aromatic heterocycles. The molecule has 0 spiro atoms. The highest BCUT2D eigenvalue weighted by molar-refractivity contribution is 5.07. The third-order valence-corrected chi connectivity index (χ3v) is 1.25. The number of hydrogen-bond acceptors (Lipinski definition) is 1. The molecule has 0 N–H and O–H groups in total. The van der Waals surface area contributed by atoms with Crippen LogP contribution < -0.4 is 0 Å². The van der Waals surface area contributed by atoms with E-state index in [9.17, 15) is 0 Å². The Labute approximate surface area is 71.4 Å². The Morgan fingerprint density at radius 2 is 1.82 bits per heavy atom. The molecule has 11 heavy (non-hydrogen) atoms. The van der Waals surface area contributed by atoms with Gasteiger partial charge in [-0.15, -0.1) is 0 Å². The summed E-state index contributed by atoms with van der Waals surface area (Å²) in [5.74, 6) is 0. The molecule has 0 fully saturated rings. The third kappa shape index (κ3) is 7.17. The van der Waals surface area contributed by atoms with Crippen molar-refractivity contribution >= 4 is 0 Å². The Bertz CT molecular complexity index is 112. The molecule has 0 aromatic rings. The molecule has 0 unspecified atom stereocenters. The first-order chi connectivity index (χ1) is 5.22. The smallest absolute Gasteiger partial charge is 0.0124 e. The largest absolute Gasteiger partial charge is 0.381 e. The Kier molecular flexibility index (Phi) is 10.9. The minimum Gasteiger partial charge on any atom is -0.381 e. The van der Waals surface area contributed by atoms with Crippen molar-refractivity contribution in [2.75, 3.05) is 14.1 Å². The predicted octanol–water partition coefficient (Wildman–Crippen LogP) is 3.05. The zero-order valence-electron chi connectivity index (χ0n) is 8.52. The molecule has 0 aliphatic rings. The third-order valence-electron chi connectivity index (χ3n) is 1.25. The number of hydrogen-bond donors (Lipinski definition) is 0. The number of nitrogens with zero attached hydrogens (tertiary/aromatic N) is 1. The van der Waals surface area contributed by atoms with Crippen LogP contribution in [0.1, 0.15) is 27.2 Å². The molecular weight excluding hydrogens is 134 g/mol. The van der Waals surface area contributed by atoms with Gasteiger partial charge in [0.2, 0.25) is 0 Å². The Balaban J connectivity index is 0. The van der Waals surface area contributed by atoms with Crippen LogP contribution in [0.3, 0.4) is 0 Å². The van der Waals surface area contributed by atoms with E-state index < -0.39 is 0 Å². The molecule has 66 valence electrons. The zero-order chi connectivity index (χ0) is 9.28. The summed E-state index contributed by atoms with van der Waals surface area (Å²) in [5.41, 5.74) is 1.31. The summed E-state index contributed by atoms with van der Waals surface area (Å²) in [5, 5.41) is 0. The van der Waals surface area contributed by atoms with E-state index in [1.807, 2.05) is 40.1 Å². The summed E-state index contributed by atoms with van der Waals surface area (Å²) in [4.78, 5) is 2.10. The van der Waals surface area contributed by atoms with Crippen LogP contribution in [0.5, 0.6) is 0 Å². The fourth-order valence-electron chi connectivity index (χ4n) is 0.719.